The predicted molar refractivity (Wildman–Crippen MR) is 64.1 cm³/mol. The van der Waals surface area contributed by atoms with Crippen molar-refractivity contribution in [1.29, 1.82) is 5.41 Å². The van der Waals surface area contributed by atoms with E-state index in [-0.39, 0.29) is 0 Å². The first-order valence-corrected chi connectivity index (χ1v) is 4.77. The molecule has 0 bridgehead atoms. The van der Waals surface area contributed by atoms with E-state index in [0.29, 0.717) is 5.71 Å². The number of hydrogen-bond acceptors (Lipinski definition) is 2. The topological polar surface area (TPSA) is 49.9 Å². The number of allylic oxidation sites excluding steroid dienone is 1. The second-order valence-electron chi connectivity index (χ2n) is 3.33. The van der Waals surface area contributed by atoms with Crippen LogP contribution in [-0.2, 0) is 0 Å². The van der Waals surface area contributed by atoms with Gasteiger partial charge in [0.2, 0.25) is 0 Å². The van der Waals surface area contributed by atoms with Crippen LogP contribution in [0.15, 0.2) is 54.7 Å². The third kappa shape index (κ3) is 1.89. The molecule has 2 nitrogen and oxygen atoms in total. The van der Waals surface area contributed by atoms with Gasteiger partial charge in [0, 0.05) is 5.56 Å². The summed E-state index contributed by atoms with van der Waals surface area (Å²) in [5, 5.41) is 10.1. The summed E-state index contributed by atoms with van der Waals surface area (Å²) in [6.45, 7) is 0. The van der Waals surface area contributed by atoms with Gasteiger partial charge in [-0.1, -0.05) is 36.4 Å². The average Bonchev–Trinajstić information content (AvgIpc) is 2.29. The molecular weight excluding hydrogens is 184 g/mol. The van der Waals surface area contributed by atoms with Gasteiger partial charge in [-0.3, -0.25) is 0 Å². The van der Waals surface area contributed by atoms with Crippen LogP contribution in [0.3, 0.4) is 0 Å². The van der Waals surface area contributed by atoms with Crippen LogP contribution in [0, 0.1) is 5.41 Å². The zero-order chi connectivity index (χ0) is 10.7. The molecule has 0 fully saturated rings. The number of nitrogens with one attached hydrogen (secondary N) is 1. The summed E-state index contributed by atoms with van der Waals surface area (Å²) in [5.74, 6) is 0. The van der Waals surface area contributed by atoms with Gasteiger partial charge >= 0.3 is 0 Å². The lowest BCUT2D eigenvalue weighted by Crippen LogP contribution is -1.95. The maximum Gasteiger partial charge on any atom is 0.0626 e. The largest absolute Gasteiger partial charge is 0.405 e. The molecule has 0 atom stereocenters. The number of rotatable bonds is 2. The van der Waals surface area contributed by atoms with Crippen LogP contribution in [0.1, 0.15) is 5.56 Å². The maximum atomic E-state index is 7.74. The Morgan fingerprint density at radius 3 is 2.53 bits per heavy atom. The monoisotopic (exact) mass is 196 g/mol. The smallest absolute Gasteiger partial charge is 0.0626 e. The molecule has 2 aromatic carbocycles. The van der Waals surface area contributed by atoms with Crippen LogP contribution in [0.25, 0.3) is 10.8 Å². The summed E-state index contributed by atoms with van der Waals surface area (Å²) in [6, 6.07) is 14.0. The van der Waals surface area contributed by atoms with Gasteiger partial charge in [-0.25, -0.2) is 0 Å². The van der Waals surface area contributed by atoms with E-state index in [4.69, 9.17) is 11.1 Å². The molecule has 0 heterocycles. The van der Waals surface area contributed by atoms with Crippen LogP contribution in [-0.4, -0.2) is 5.71 Å². The predicted octanol–water partition coefficient (Wildman–Crippen LogP) is 2.68. The van der Waals surface area contributed by atoms with Crippen LogP contribution in [0.5, 0.6) is 0 Å². The lowest BCUT2D eigenvalue weighted by molar-refractivity contribution is 1.49. The van der Waals surface area contributed by atoms with E-state index in [1.165, 1.54) is 11.6 Å². The molecule has 0 unspecified atom stereocenters. The summed E-state index contributed by atoms with van der Waals surface area (Å²) in [5.41, 5.74) is 6.58. The summed E-state index contributed by atoms with van der Waals surface area (Å²) in [7, 11) is 0. The molecule has 3 N–H and O–H groups in total. The van der Waals surface area contributed by atoms with Gasteiger partial charge in [0.1, 0.15) is 0 Å². The second kappa shape index (κ2) is 3.96. The van der Waals surface area contributed by atoms with E-state index in [9.17, 15) is 0 Å². The normalized spacial score (nSPS) is 10.9. The minimum Gasteiger partial charge on any atom is -0.405 e. The molecule has 0 aliphatic heterocycles. The third-order valence-corrected chi connectivity index (χ3v) is 2.32. The zero-order valence-corrected chi connectivity index (χ0v) is 8.27. The molecule has 0 aromatic heterocycles. The van der Waals surface area contributed by atoms with Crippen molar-refractivity contribution in [2.45, 2.75) is 0 Å². The highest BCUT2D eigenvalue weighted by Gasteiger charge is 1.98. The summed E-state index contributed by atoms with van der Waals surface area (Å²) >= 11 is 0. The molecule has 2 heteroatoms. The zero-order valence-electron chi connectivity index (χ0n) is 8.27. The Morgan fingerprint density at radius 1 is 1.07 bits per heavy atom. The molecule has 0 amide bonds. The van der Waals surface area contributed by atoms with E-state index in [1.54, 1.807) is 6.08 Å². The molecule has 0 aliphatic rings. The van der Waals surface area contributed by atoms with Crippen molar-refractivity contribution in [3.63, 3.8) is 0 Å². The SMILES string of the molecule is N=C(/C=C\N)c1ccc2ccccc2c1. The number of fused-ring (bicyclic) bond motifs is 1. The molecule has 0 saturated heterocycles. The Labute approximate surface area is 88.5 Å². The fraction of sp³-hybridized carbons (Fsp3) is 0. The minimum atomic E-state index is 0.434. The van der Waals surface area contributed by atoms with Gasteiger partial charge in [0.15, 0.2) is 0 Å². The Morgan fingerprint density at radius 2 is 1.80 bits per heavy atom. The second-order valence-corrected chi connectivity index (χ2v) is 3.33. The summed E-state index contributed by atoms with van der Waals surface area (Å²) in [6.07, 6.45) is 2.97. The minimum absolute atomic E-state index is 0.434. The fourth-order valence-corrected chi connectivity index (χ4v) is 1.55. The maximum absolute atomic E-state index is 7.74. The Hall–Kier alpha value is -2.09. The van der Waals surface area contributed by atoms with Gasteiger partial charge in [-0.15, -0.1) is 0 Å². The van der Waals surface area contributed by atoms with Crippen molar-refractivity contribution in [1.82, 2.24) is 0 Å². The van der Waals surface area contributed by atoms with Gasteiger partial charge in [-0.2, -0.15) is 0 Å². The first-order valence-electron chi connectivity index (χ1n) is 4.77. The van der Waals surface area contributed by atoms with E-state index in [0.717, 1.165) is 10.9 Å². The first-order chi connectivity index (χ1) is 7.31. The number of hydrogen-bond donors (Lipinski definition) is 2. The molecule has 0 aliphatic carbocycles. The van der Waals surface area contributed by atoms with E-state index in [2.05, 4.69) is 6.07 Å². The third-order valence-electron chi connectivity index (χ3n) is 2.32. The van der Waals surface area contributed by atoms with Crippen molar-refractivity contribution in [2.75, 3.05) is 0 Å². The molecule has 15 heavy (non-hydrogen) atoms. The molecule has 74 valence electrons. The lowest BCUT2D eigenvalue weighted by Gasteiger charge is -2.01. The fourth-order valence-electron chi connectivity index (χ4n) is 1.55. The van der Waals surface area contributed by atoms with Gasteiger partial charge < -0.3 is 11.1 Å². The van der Waals surface area contributed by atoms with Gasteiger partial charge in [-0.05, 0) is 29.1 Å². The Bertz CT molecular complexity index is 527. The first kappa shape index (κ1) is 9.46. The molecule has 2 aromatic rings. The highest BCUT2D eigenvalue weighted by molar-refractivity contribution is 6.08. The Kier molecular flexibility index (Phi) is 2.50. The Balaban J connectivity index is 2.51. The lowest BCUT2D eigenvalue weighted by atomic mass is 10.0. The van der Waals surface area contributed by atoms with Crippen LogP contribution < -0.4 is 5.73 Å². The van der Waals surface area contributed by atoms with Gasteiger partial charge in [0.05, 0.1) is 5.71 Å². The summed E-state index contributed by atoms with van der Waals surface area (Å²) < 4.78 is 0. The number of nitrogens with two attached hydrogens (primary N) is 1. The quantitative estimate of drug-likeness (QED) is 0.713. The van der Waals surface area contributed by atoms with Gasteiger partial charge in [0.25, 0.3) is 0 Å². The summed E-state index contributed by atoms with van der Waals surface area (Å²) in [4.78, 5) is 0. The van der Waals surface area contributed by atoms with E-state index < -0.39 is 0 Å². The number of benzene rings is 2. The van der Waals surface area contributed by atoms with Crippen LogP contribution >= 0.6 is 0 Å². The standard InChI is InChI=1S/C13H12N2/c14-8-7-13(15)12-6-5-10-3-1-2-4-11(10)9-12/h1-9,15H,14H2/b8-7-,15-13?. The van der Waals surface area contributed by atoms with E-state index >= 15 is 0 Å². The molecule has 2 rings (SSSR count). The van der Waals surface area contributed by atoms with Crippen LogP contribution in [0.4, 0.5) is 0 Å². The molecular formula is C13H12N2. The average molecular weight is 196 g/mol. The molecule has 0 radical (unpaired) electrons. The highest BCUT2D eigenvalue weighted by atomic mass is 14.5. The van der Waals surface area contributed by atoms with Crippen LogP contribution in [0.2, 0.25) is 0 Å². The van der Waals surface area contributed by atoms with Crippen molar-refractivity contribution >= 4 is 16.5 Å². The van der Waals surface area contributed by atoms with Crippen molar-refractivity contribution in [3.8, 4) is 0 Å². The van der Waals surface area contributed by atoms with E-state index in [1.807, 2.05) is 36.4 Å². The van der Waals surface area contributed by atoms with Crippen molar-refractivity contribution in [3.05, 3.63) is 60.3 Å². The molecule has 0 spiro atoms. The van der Waals surface area contributed by atoms with Crippen molar-refractivity contribution in [2.24, 2.45) is 5.73 Å². The molecule has 0 saturated carbocycles. The van der Waals surface area contributed by atoms with Crippen molar-refractivity contribution < 1.29 is 0 Å². The highest BCUT2D eigenvalue weighted by Crippen LogP contribution is 2.15.